The first kappa shape index (κ1) is 11.8. The molecular weight excluding hydrogens is 200 g/mol. The first-order valence-electron chi connectivity index (χ1n) is 5.14. The normalized spacial score (nSPS) is 37.2. The van der Waals surface area contributed by atoms with Crippen LogP contribution in [0.4, 0.5) is 0 Å². The lowest BCUT2D eigenvalue weighted by Gasteiger charge is -2.43. The number of rotatable bonds is 0. The third kappa shape index (κ3) is 2.03. The highest BCUT2D eigenvalue weighted by Crippen LogP contribution is 2.34. The second-order valence-corrected chi connectivity index (χ2v) is 3.99. The molecule has 0 aromatic rings. The number of halogens is 1. The van der Waals surface area contributed by atoms with Crippen molar-refractivity contribution in [3.63, 3.8) is 0 Å². The van der Waals surface area contributed by atoms with Crippen LogP contribution in [-0.2, 0) is 4.74 Å². The molecule has 2 aliphatic rings. The van der Waals surface area contributed by atoms with Gasteiger partial charge < -0.3 is 4.74 Å². The van der Waals surface area contributed by atoms with Crippen molar-refractivity contribution in [3.8, 4) is 6.07 Å². The predicted octanol–water partition coefficient (Wildman–Crippen LogP) is 1.62. The quantitative estimate of drug-likeness (QED) is 0.670. The summed E-state index contributed by atoms with van der Waals surface area (Å²) in [7, 11) is 0. The van der Waals surface area contributed by atoms with E-state index in [4.69, 9.17) is 10.00 Å². The van der Waals surface area contributed by atoms with Gasteiger partial charge in [-0.3, -0.25) is 5.32 Å². The van der Waals surface area contributed by atoms with Crippen molar-refractivity contribution < 1.29 is 4.74 Å². The molecule has 0 aliphatic carbocycles. The fourth-order valence-corrected chi connectivity index (χ4v) is 2.43. The van der Waals surface area contributed by atoms with E-state index in [1.807, 2.05) is 0 Å². The maximum Gasteiger partial charge on any atom is 0.125 e. The summed E-state index contributed by atoms with van der Waals surface area (Å²) in [5, 5.41) is 12.3. The van der Waals surface area contributed by atoms with Crippen molar-refractivity contribution >= 4 is 12.4 Å². The maximum atomic E-state index is 9.02. The van der Waals surface area contributed by atoms with Crippen molar-refractivity contribution in [1.82, 2.24) is 5.32 Å². The first-order chi connectivity index (χ1) is 6.37. The molecule has 2 aliphatic heterocycles. The Morgan fingerprint density at radius 1 is 1.29 bits per heavy atom. The standard InChI is InChI=1S/C10H16N2O.ClH/c11-8-9-10(5-3-6-12-9)4-1-2-7-13-10;/h9,12H,1-7H2;1H. The number of hydrogen-bond acceptors (Lipinski definition) is 3. The van der Waals surface area contributed by atoms with Crippen LogP contribution >= 0.6 is 12.4 Å². The van der Waals surface area contributed by atoms with Gasteiger partial charge in [0.15, 0.2) is 0 Å². The minimum atomic E-state index is -0.148. The molecule has 1 spiro atoms. The summed E-state index contributed by atoms with van der Waals surface area (Å²) in [5.74, 6) is 0. The average Bonchev–Trinajstić information content (AvgIpc) is 2.20. The molecule has 1 N–H and O–H groups in total. The highest BCUT2D eigenvalue weighted by Gasteiger charge is 2.42. The Labute approximate surface area is 91.2 Å². The molecule has 2 rings (SSSR count). The van der Waals surface area contributed by atoms with E-state index < -0.39 is 0 Å². The maximum absolute atomic E-state index is 9.02. The Kier molecular flexibility index (Phi) is 4.18. The van der Waals surface area contributed by atoms with Gasteiger partial charge in [-0.2, -0.15) is 5.26 Å². The molecule has 0 bridgehead atoms. The molecule has 3 nitrogen and oxygen atoms in total. The van der Waals surface area contributed by atoms with Crippen LogP contribution in [0.25, 0.3) is 0 Å². The van der Waals surface area contributed by atoms with Crippen molar-refractivity contribution in [1.29, 1.82) is 5.26 Å². The molecule has 2 unspecified atom stereocenters. The van der Waals surface area contributed by atoms with E-state index in [0.29, 0.717) is 0 Å². The minimum absolute atomic E-state index is 0. The lowest BCUT2D eigenvalue weighted by atomic mass is 9.80. The van der Waals surface area contributed by atoms with Crippen LogP contribution in [-0.4, -0.2) is 24.8 Å². The summed E-state index contributed by atoms with van der Waals surface area (Å²) in [6.45, 7) is 1.79. The predicted molar refractivity (Wildman–Crippen MR) is 56.4 cm³/mol. The molecule has 2 fully saturated rings. The van der Waals surface area contributed by atoms with Gasteiger partial charge in [0, 0.05) is 6.61 Å². The molecule has 14 heavy (non-hydrogen) atoms. The van der Waals surface area contributed by atoms with Gasteiger partial charge in [-0.1, -0.05) is 0 Å². The fraction of sp³-hybridized carbons (Fsp3) is 0.900. The van der Waals surface area contributed by atoms with Gasteiger partial charge in [-0.25, -0.2) is 0 Å². The zero-order valence-corrected chi connectivity index (χ0v) is 9.11. The lowest BCUT2D eigenvalue weighted by Crippen LogP contribution is -2.56. The number of ether oxygens (including phenoxy) is 1. The van der Waals surface area contributed by atoms with Crippen LogP contribution in [0, 0.1) is 11.3 Å². The van der Waals surface area contributed by atoms with Crippen molar-refractivity contribution in [3.05, 3.63) is 0 Å². The molecule has 0 aromatic carbocycles. The number of piperidine rings is 1. The Bertz CT molecular complexity index is 212. The molecule has 2 saturated heterocycles. The minimum Gasteiger partial charge on any atom is -0.372 e. The van der Waals surface area contributed by atoms with Crippen molar-refractivity contribution in [2.24, 2.45) is 0 Å². The van der Waals surface area contributed by atoms with E-state index in [2.05, 4.69) is 11.4 Å². The summed E-state index contributed by atoms with van der Waals surface area (Å²) in [6.07, 6.45) is 5.61. The molecule has 0 saturated carbocycles. The molecular formula is C10H17ClN2O. The Morgan fingerprint density at radius 3 is 2.71 bits per heavy atom. The second kappa shape index (κ2) is 4.97. The van der Waals surface area contributed by atoms with Crippen LogP contribution < -0.4 is 5.32 Å². The van der Waals surface area contributed by atoms with E-state index in [-0.39, 0.29) is 24.0 Å². The lowest BCUT2D eigenvalue weighted by molar-refractivity contribution is -0.105. The zero-order valence-electron chi connectivity index (χ0n) is 8.29. The highest BCUT2D eigenvalue weighted by molar-refractivity contribution is 5.85. The van der Waals surface area contributed by atoms with Gasteiger partial charge >= 0.3 is 0 Å². The van der Waals surface area contributed by atoms with Gasteiger partial charge in [0.25, 0.3) is 0 Å². The van der Waals surface area contributed by atoms with E-state index >= 15 is 0 Å². The number of nitriles is 1. The van der Waals surface area contributed by atoms with Crippen LogP contribution in [0.15, 0.2) is 0 Å². The highest BCUT2D eigenvalue weighted by atomic mass is 35.5. The molecule has 0 amide bonds. The van der Waals surface area contributed by atoms with E-state index in [1.165, 1.54) is 6.42 Å². The number of nitrogens with one attached hydrogen (secondary N) is 1. The van der Waals surface area contributed by atoms with Crippen molar-refractivity contribution in [2.45, 2.75) is 43.7 Å². The number of nitrogens with zero attached hydrogens (tertiary/aromatic N) is 1. The Balaban J connectivity index is 0.000000980. The van der Waals surface area contributed by atoms with E-state index in [9.17, 15) is 0 Å². The summed E-state index contributed by atoms with van der Waals surface area (Å²) >= 11 is 0. The van der Waals surface area contributed by atoms with Gasteiger partial charge in [-0.05, 0) is 38.6 Å². The van der Waals surface area contributed by atoms with E-state index in [0.717, 1.165) is 38.8 Å². The molecule has 0 radical (unpaired) electrons. The van der Waals surface area contributed by atoms with Crippen LogP contribution in [0.5, 0.6) is 0 Å². The van der Waals surface area contributed by atoms with Gasteiger partial charge in [0.1, 0.15) is 6.04 Å². The third-order valence-corrected chi connectivity index (χ3v) is 3.16. The number of hydrogen-bond donors (Lipinski definition) is 1. The van der Waals surface area contributed by atoms with Gasteiger partial charge in [-0.15, -0.1) is 12.4 Å². The zero-order chi connectivity index (χ0) is 9.15. The Hall–Kier alpha value is -0.300. The fourth-order valence-electron chi connectivity index (χ4n) is 2.43. The smallest absolute Gasteiger partial charge is 0.125 e. The van der Waals surface area contributed by atoms with Crippen LogP contribution in [0.3, 0.4) is 0 Å². The van der Waals surface area contributed by atoms with E-state index in [1.54, 1.807) is 0 Å². The first-order valence-corrected chi connectivity index (χ1v) is 5.14. The average molecular weight is 217 g/mol. The van der Waals surface area contributed by atoms with Crippen molar-refractivity contribution in [2.75, 3.05) is 13.2 Å². The SMILES string of the molecule is Cl.N#CC1NCCCC12CCCCO2. The van der Waals surface area contributed by atoms with Crippen LogP contribution in [0.1, 0.15) is 32.1 Å². The topological polar surface area (TPSA) is 45.0 Å². The molecule has 2 atom stereocenters. The Morgan fingerprint density at radius 2 is 2.07 bits per heavy atom. The summed E-state index contributed by atoms with van der Waals surface area (Å²) < 4.78 is 5.82. The molecule has 4 heteroatoms. The largest absolute Gasteiger partial charge is 0.372 e. The third-order valence-electron chi connectivity index (χ3n) is 3.16. The van der Waals surface area contributed by atoms with Gasteiger partial charge in [0.2, 0.25) is 0 Å². The molecule has 80 valence electrons. The molecule has 0 aromatic heterocycles. The second-order valence-electron chi connectivity index (χ2n) is 3.99. The summed E-state index contributed by atoms with van der Waals surface area (Å²) in [4.78, 5) is 0. The summed E-state index contributed by atoms with van der Waals surface area (Å²) in [5.41, 5.74) is -0.148. The van der Waals surface area contributed by atoms with Crippen LogP contribution in [0.2, 0.25) is 0 Å². The van der Waals surface area contributed by atoms with Gasteiger partial charge in [0.05, 0.1) is 11.7 Å². The monoisotopic (exact) mass is 216 g/mol. The summed E-state index contributed by atoms with van der Waals surface area (Å²) in [6, 6.07) is 2.25. The molecule has 2 heterocycles.